The molecular formula is C10H16ClN3O2S. The minimum Gasteiger partial charge on any atom is -0.316 e. The molecule has 0 saturated carbocycles. The molecule has 1 fully saturated rings. The first kappa shape index (κ1) is 14.3. The van der Waals surface area contributed by atoms with Crippen molar-refractivity contribution in [1.29, 1.82) is 0 Å². The van der Waals surface area contributed by atoms with Gasteiger partial charge in [-0.15, -0.1) is 12.4 Å². The zero-order valence-corrected chi connectivity index (χ0v) is 11.2. The summed E-state index contributed by atoms with van der Waals surface area (Å²) in [5.41, 5.74) is 0.480. The van der Waals surface area contributed by atoms with Crippen LogP contribution in [0.15, 0.2) is 17.4 Å². The number of nitrogens with one attached hydrogen (secondary N) is 1. The highest BCUT2D eigenvalue weighted by molar-refractivity contribution is 7.91. The lowest BCUT2D eigenvalue weighted by Crippen LogP contribution is -2.20. The van der Waals surface area contributed by atoms with E-state index < -0.39 is 9.84 Å². The van der Waals surface area contributed by atoms with Crippen molar-refractivity contribution < 1.29 is 8.42 Å². The van der Waals surface area contributed by atoms with E-state index >= 15 is 0 Å². The molecule has 1 aromatic rings. The van der Waals surface area contributed by atoms with E-state index in [2.05, 4.69) is 15.3 Å². The summed E-state index contributed by atoms with van der Waals surface area (Å²) < 4.78 is 24.2. The van der Waals surface area contributed by atoms with E-state index in [1.807, 2.05) is 0 Å². The molecule has 1 aromatic heterocycles. The summed E-state index contributed by atoms with van der Waals surface area (Å²) in [5, 5.41) is 3.29. The standard InChI is InChI=1S/C10H15N3O2S.ClH/c1-8-10(13-5-4-12-8)16(14,15)7-9-2-3-11-6-9;/h4-5,9,11H,2-3,6-7H2,1H3;1H. The lowest BCUT2D eigenvalue weighted by Gasteiger charge is -2.09. The number of rotatable bonds is 3. The number of aromatic nitrogens is 2. The summed E-state index contributed by atoms with van der Waals surface area (Å²) in [4.78, 5) is 7.88. The van der Waals surface area contributed by atoms with Crippen molar-refractivity contribution in [3.63, 3.8) is 0 Å². The van der Waals surface area contributed by atoms with Gasteiger partial charge < -0.3 is 5.32 Å². The molecule has 0 bridgehead atoms. The molecule has 1 unspecified atom stereocenters. The lowest BCUT2D eigenvalue weighted by molar-refractivity contribution is 0.565. The fourth-order valence-electron chi connectivity index (χ4n) is 1.95. The Morgan fingerprint density at radius 3 is 2.71 bits per heavy atom. The zero-order chi connectivity index (χ0) is 11.6. The van der Waals surface area contributed by atoms with Gasteiger partial charge in [-0.3, -0.25) is 4.98 Å². The number of sulfone groups is 1. The molecule has 2 heterocycles. The van der Waals surface area contributed by atoms with E-state index in [4.69, 9.17) is 0 Å². The van der Waals surface area contributed by atoms with Crippen molar-refractivity contribution in [3.05, 3.63) is 18.1 Å². The molecule has 1 aliphatic heterocycles. The largest absolute Gasteiger partial charge is 0.316 e. The van der Waals surface area contributed by atoms with Crippen LogP contribution in [-0.4, -0.2) is 37.2 Å². The highest BCUT2D eigenvalue weighted by atomic mass is 35.5. The summed E-state index contributed by atoms with van der Waals surface area (Å²) in [7, 11) is -3.29. The second-order valence-electron chi connectivity index (χ2n) is 4.09. The van der Waals surface area contributed by atoms with Gasteiger partial charge >= 0.3 is 0 Å². The molecule has 1 atom stereocenters. The topological polar surface area (TPSA) is 72.0 Å². The average molecular weight is 278 g/mol. The smallest absolute Gasteiger partial charge is 0.197 e. The Kier molecular flexibility index (Phi) is 4.85. The van der Waals surface area contributed by atoms with Gasteiger partial charge in [0.15, 0.2) is 14.9 Å². The van der Waals surface area contributed by atoms with Crippen molar-refractivity contribution in [2.75, 3.05) is 18.8 Å². The molecular weight excluding hydrogens is 262 g/mol. The quantitative estimate of drug-likeness (QED) is 0.876. The Morgan fingerprint density at radius 2 is 2.12 bits per heavy atom. The first-order valence-corrected chi connectivity index (χ1v) is 6.96. The number of nitrogens with zero attached hydrogens (tertiary/aromatic N) is 2. The van der Waals surface area contributed by atoms with Crippen molar-refractivity contribution in [2.24, 2.45) is 5.92 Å². The van der Waals surface area contributed by atoms with Gasteiger partial charge in [-0.25, -0.2) is 13.4 Å². The summed E-state index contributed by atoms with van der Waals surface area (Å²) in [6, 6.07) is 0. The maximum Gasteiger partial charge on any atom is 0.197 e. The third-order valence-corrected chi connectivity index (χ3v) is 4.65. The predicted octanol–water partition coefficient (Wildman–Crippen LogP) is 0.590. The van der Waals surface area contributed by atoms with Gasteiger partial charge in [-0.05, 0) is 32.4 Å². The molecule has 5 nitrogen and oxygen atoms in total. The molecule has 96 valence electrons. The van der Waals surface area contributed by atoms with Crippen LogP contribution >= 0.6 is 12.4 Å². The SMILES string of the molecule is Cc1nccnc1S(=O)(=O)CC1CCNC1.Cl. The van der Waals surface area contributed by atoms with E-state index in [9.17, 15) is 8.42 Å². The Hall–Kier alpha value is -0.720. The maximum atomic E-state index is 12.1. The average Bonchev–Trinajstić information content (AvgIpc) is 2.70. The molecule has 1 saturated heterocycles. The number of aryl methyl sites for hydroxylation is 1. The van der Waals surface area contributed by atoms with Gasteiger partial charge in [-0.1, -0.05) is 0 Å². The third-order valence-electron chi connectivity index (χ3n) is 2.75. The third kappa shape index (κ3) is 3.37. The van der Waals surface area contributed by atoms with Crippen LogP contribution in [0.5, 0.6) is 0 Å². The molecule has 2 rings (SSSR count). The van der Waals surface area contributed by atoms with E-state index in [-0.39, 0.29) is 29.1 Å². The van der Waals surface area contributed by atoms with Gasteiger partial charge in [0, 0.05) is 12.4 Å². The molecule has 1 aliphatic rings. The molecule has 0 radical (unpaired) electrons. The van der Waals surface area contributed by atoms with Gasteiger partial charge in [0.25, 0.3) is 0 Å². The minimum absolute atomic E-state index is 0. The fraction of sp³-hybridized carbons (Fsp3) is 0.600. The molecule has 1 N–H and O–H groups in total. The maximum absolute atomic E-state index is 12.1. The van der Waals surface area contributed by atoms with Crippen LogP contribution in [0.1, 0.15) is 12.1 Å². The van der Waals surface area contributed by atoms with Gasteiger partial charge in [0.2, 0.25) is 0 Å². The zero-order valence-electron chi connectivity index (χ0n) is 9.59. The van der Waals surface area contributed by atoms with Gasteiger partial charge in [0.05, 0.1) is 11.4 Å². The first-order valence-electron chi connectivity index (χ1n) is 5.30. The fourth-order valence-corrected chi connectivity index (χ4v) is 3.73. The summed E-state index contributed by atoms with van der Waals surface area (Å²) >= 11 is 0. The molecule has 0 aromatic carbocycles. The van der Waals surface area contributed by atoms with E-state index in [1.54, 1.807) is 6.92 Å². The Balaban J connectivity index is 0.00000144. The Bertz CT molecular complexity index is 472. The number of hydrogen-bond acceptors (Lipinski definition) is 5. The second-order valence-corrected chi connectivity index (χ2v) is 6.04. The van der Waals surface area contributed by atoms with E-state index in [0.29, 0.717) is 5.69 Å². The molecule has 0 aliphatic carbocycles. The van der Waals surface area contributed by atoms with Crippen LogP contribution < -0.4 is 5.32 Å². The summed E-state index contributed by atoms with van der Waals surface area (Å²) in [5.74, 6) is 0.367. The van der Waals surface area contributed by atoms with E-state index in [0.717, 1.165) is 19.5 Å². The van der Waals surface area contributed by atoms with Gasteiger partial charge in [-0.2, -0.15) is 0 Å². The number of halogens is 1. The van der Waals surface area contributed by atoms with Crippen LogP contribution in [0, 0.1) is 12.8 Å². The van der Waals surface area contributed by atoms with Crippen LogP contribution in [0.3, 0.4) is 0 Å². The molecule has 7 heteroatoms. The second kappa shape index (κ2) is 5.75. The minimum atomic E-state index is -3.29. The van der Waals surface area contributed by atoms with Crippen LogP contribution in [0.4, 0.5) is 0 Å². The Labute approximate surface area is 107 Å². The first-order chi connectivity index (χ1) is 7.59. The van der Waals surface area contributed by atoms with Crippen molar-refractivity contribution in [1.82, 2.24) is 15.3 Å². The summed E-state index contributed by atoms with van der Waals surface area (Å²) in [6.07, 6.45) is 3.84. The predicted molar refractivity (Wildman–Crippen MR) is 67.0 cm³/mol. The van der Waals surface area contributed by atoms with Crippen LogP contribution in [-0.2, 0) is 9.84 Å². The normalized spacial score (nSPS) is 19.9. The highest BCUT2D eigenvalue weighted by Crippen LogP contribution is 2.17. The summed E-state index contributed by atoms with van der Waals surface area (Å²) in [6.45, 7) is 3.35. The molecule has 0 amide bonds. The molecule has 17 heavy (non-hydrogen) atoms. The lowest BCUT2D eigenvalue weighted by atomic mass is 10.2. The highest BCUT2D eigenvalue weighted by Gasteiger charge is 2.26. The van der Waals surface area contributed by atoms with Crippen molar-refractivity contribution in [3.8, 4) is 0 Å². The van der Waals surface area contributed by atoms with E-state index in [1.165, 1.54) is 12.4 Å². The van der Waals surface area contributed by atoms with Gasteiger partial charge in [0.1, 0.15) is 0 Å². The monoisotopic (exact) mass is 277 g/mol. The molecule has 0 spiro atoms. The van der Waals surface area contributed by atoms with Crippen LogP contribution in [0.25, 0.3) is 0 Å². The number of hydrogen-bond donors (Lipinski definition) is 1. The van der Waals surface area contributed by atoms with Crippen molar-refractivity contribution in [2.45, 2.75) is 18.4 Å². The Morgan fingerprint density at radius 1 is 1.41 bits per heavy atom. The van der Waals surface area contributed by atoms with Crippen LogP contribution in [0.2, 0.25) is 0 Å². The van der Waals surface area contributed by atoms with Crippen molar-refractivity contribution >= 4 is 22.2 Å².